The quantitative estimate of drug-likeness (QED) is 0.505. The molecule has 0 radical (unpaired) electrons. The Morgan fingerprint density at radius 1 is 1.40 bits per heavy atom. The molecule has 0 bridgehead atoms. The number of nitrogens with zero attached hydrogens (tertiary/aromatic N) is 1. The van der Waals surface area contributed by atoms with Crippen LogP contribution in [-0.4, -0.2) is 41.9 Å². The van der Waals surface area contributed by atoms with Crippen molar-refractivity contribution in [2.75, 3.05) is 13.1 Å². The minimum absolute atomic E-state index is 0.118. The van der Waals surface area contributed by atoms with Gasteiger partial charge in [0.1, 0.15) is 5.60 Å². The summed E-state index contributed by atoms with van der Waals surface area (Å²) in [6, 6.07) is 0. The molecule has 4 heteroatoms. The van der Waals surface area contributed by atoms with Crippen LogP contribution in [0.2, 0.25) is 0 Å². The molecule has 2 heterocycles. The van der Waals surface area contributed by atoms with Crippen LogP contribution >= 0.6 is 0 Å². The molecule has 0 N–H and O–H groups in total. The summed E-state index contributed by atoms with van der Waals surface area (Å²) in [5.74, 6) is 0. The number of fused-ring (bicyclic) bond motifs is 2. The Morgan fingerprint density at radius 2 is 2.20 bits per heavy atom. The van der Waals surface area contributed by atoms with E-state index < -0.39 is 5.60 Å². The average Bonchev–Trinajstić information content (AvgIpc) is 3.11. The van der Waals surface area contributed by atoms with Crippen molar-refractivity contribution in [3.8, 4) is 0 Å². The molecule has 3 aliphatic rings. The molecular formula is C16H25NO3. The first kappa shape index (κ1) is 13.9. The SMILES string of the molecule is CC(C)(C)OC(=O)N1CC=CC[C@]2(CCC[C@@H]3O[C@@H]32)C1. The van der Waals surface area contributed by atoms with Crippen molar-refractivity contribution in [3.05, 3.63) is 12.2 Å². The zero-order valence-electron chi connectivity index (χ0n) is 12.7. The second-order valence-corrected chi connectivity index (χ2v) is 7.39. The van der Waals surface area contributed by atoms with Crippen LogP contribution in [0.25, 0.3) is 0 Å². The van der Waals surface area contributed by atoms with E-state index in [4.69, 9.17) is 9.47 Å². The summed E-state index contributed by atoms with van der Waals surface area (Å²) in [6.45, 7) is 7.14. The summed E-state index contributed by atoms with van der Waals surface area (Å²) in [6.07, 6.45) is 9.45. The van der Waals surface area contributed by atoms with Gasteiger partial charge in [0, 0.05) is 18.5 Å². The molecule has 2 aliphatic heterocycles. The van der Waals surface area contributed by atoms with Crippen molar-refractivity contribution < 1.29 is 14.3 Å². The summed E-state index contributed by atoms with van der Waals surface area (Å²) in [5.41, 5.74) is -0.321. The van der Waals surface area contributed by atoms with Gasteiger partial charge >= 0.3 is 6.09 Å². The van der Waals surface area contributed by atoms with Gasteiger partial charge in [-0.05, 0) is 40.0 Å². The Labute approximate surface area is 121 Å². The van der Waals surface area contributed by atoms with Gasteiger partial charge in [0.15, 0.2) is 0 Å². The van der Waals surface area contributed by atoms with Crippen molar-refractivity contribution in [2.24, 2.45) is 5.41 Å². The maximum Gasteiger partial charge on any atom is 0.410 e. The molecule has 20 heavy (non-hydrogen) atoms. The summed E-state index contributed by atoms with van der Waals surface area (Å²) >= 11 is 0. The molecule has 1 spiro atoms. The van der Waals surface area contributed by atoms with E-state index in [1.807, 2.05) is 25.7 Å². The highest BCUT2D eigenvalue weighted by Gasteiger charge is 2.57. The van der Waals surface area contributed by atoms with Crippen LogP contribution in [0.5, 0.6) is 0 Å². The van der Waals surface area contributed by atoms with E-state index >= 15 is 0 Å². The summed E-state index contributed by atoms with van der Waals surface area (Å²) in [5, 5.41) is 0. The van der Waals surface area contributed by atoms with Gasteiger partial charge in [-0.3, -0.25) is 0 Å². The molecule has 3 atom stereocenters. The van der Waals surface area contributed by atoms with Crippen molar-refractivity contribution >= 4 is 6.09 Å². The van der Waals surface area contributed by atoms with E-state index in [-0.39, 0.29) is 11.5 Å². The fourth-order valence-electron chi connectivity index (χ4n) is 3.58. The zero-order valence-corrected chi connectivity index (χ0v) is 12.7. The minimum atomic E-state index is -0.439. The number of carbonyl (C=O) groups excluding carboxylic acids is 1. The van der Waals surface area contributed by atoms with E-state index in [1.165, 1.54) is 12.8 Å². The van der Waals surface area contributed by atoms with Crippen LogP contribution in [0.4, 0.5) is 4.79 Å². The highest BCUT2D eigenvalue weighted by atomic mass is 16.6. The molecule has 1 amide bonds. The molecular weight excluding hydrogens is 254 g/mol. The molecule has 112 valence electrons. The fraction of sp³-hybridized carbons (Fsp3) is 0.812. The number of epoxide rings is 1. The maximum absolute atomic E-state index is 12.3. The molecule has 4 nitrogen and oxygen atoms in total. The Morgan fingerprint density at radius 3 is 2.95 bits per heavy atom. The van der Waals surface area contributed by atoms with E-state index in [1.54, 1.807) is 0 Å². The smallest absolute Gasteiger partial charge is 0.410 e. The van der Waals surface area contributed by atoms with Crippen LogP contribution in [0, 0.1) is 5.41 Å². The maximum atomic E-state index is 12.3. The van der Waals surface area contributed by atoms with Gasteiger partial charge < -0.3 is 14.4 Å². The lowest BCUT2D eigenvalue weighted by atomic mass is 9.71. The van der Waals surface area contributed by atoms with E-state index in [0.29, 0.717) is 18.8 Å². The molecule has 0 aromatic carbocycles. The second-order valence-electron chi connectivity index (χ2n) is 7.39. The molecule has 0 aromatic heterocycles. The Kier molecular flexibility index (Phi) is 3.32. The van der Waals surface area contributed by atoms with Crippen molar-refractivity contribution in [2.45, 2.75) is 64.3 Å². The molecule has 0 aromatic rings. The first-order chi connectivity index (χ1) is 9.40. The average molecular weight is 279 g/mol. The van der Waals surface area contributed by atoms with Gasteiger partial charge in [-0.25, -0.2) is 4.79 Å². The van der Waals surface area contributed by atoms with Crippen molar-refractivity contribution in [1.82, 2.24) is 4.90 Å². The summed E-state index contributed by atoms with van der Waals surface area (Å²) < 4.78 is 11.4. The summed E-state index contributed by atoms with van der Waals surface area (Å²) in [4.78, 5) is 14.2. The molecule has 1 saturated carbocycles. The van der Waals surface area contributed by atoms with Gasteiger partial charge in [-0.2, -0.15) is 0 Å². The van der Waals surface area contributed by atoms with Crippen LogP contribution in [0.3, 0.4) is 0 Å². The number of hydrogen-bond acceptors (Lipinski definition) is 3. The highest BCUT2D eigenvalue weighted by molar-refractivity contribution is 5.68. The van der Waals surface area contributed by atoms with Crippen LogP contribution < -0.4 is 0 Å². The standard InChI is InChI=1S/C16H25NO3/c1-15(2,3)20-14(18)17-10-5-4-8-16(11-17)9-6-7-12-13(16)19-12/h4-5,12-13H,6-11H2,1-3H3/t12-,13-,16-/m0/s1. The minimum Gasteiger partial charge on any atom is -0.444 e. The highest BCUT2D eigenvalue weighted by Crippen LogP contribution is 2.52. The van der Waals surface area contributed by atoms with Gasteiger partial charge in [-0.15, -0.1) is 0 Å². The lowest BCUT2D eigenvalue weighted by Gasteiger charge is -2.37. The number of amides is 1. The predicted molar refractivity (Wildman–Crippen MR) is 76.5 cm³/mol. The van der Waals surface area contributed by atoms with E-state index in [9.17, 15) is 4.79 Å². The van der Waals surface area contributed by atoms with E-state index in [2.05, 4.69) is 12.2 Å². The van der Waals surface area contributed by atoms with Gasteiger partial charge in [-0.1, -0.05) is 18.6 Å². The lowest BCUT2D eigenvalue weighted by Crippen LogP contribution is -2.46. The zero-order chi connectivity index (χ0) is 14.4. The van der Waals surface area contributed by atoms with Gasteiger partial charge in [0.05, 0.1) is 12.2 Å². The predicted octanol–water partition coefficient (Wildman–Crippen LogP) is 3.12. The number of allylic oxidation sites excluding steroid dienone is 1. The monoisotopic (exact) mass is 279 g/mol. The van der Waals surface area contributed by atoms with Crippen molar-refractivity contribution in [3.63, 3.8) is 0 Å². The van der Waals surface area contributed by atoms with Crippen LogP contribution in [0.15, 0.2) is 12.2 Å². The molecule has 2 fully saturated rings. The topological polar surface area (TPSA) is 42.1 Å². The fourth-order valence-corrected chi connectivity index (χ4v) is 3.58. The Hall–Kier alpha value is -1.03. The normalized spacial score (nSPS) is 36.5. The molecule has 1 saturated heterocycles. The van der Waals surface area contributed by atoms with Crippen LogP contribution in [-0.2, 0) is 9.47 Å². The van der Waals surface area contributed by atoms with Crippen LogP contribution in [0.1, 0.15) is 46.5 Å². The lowest BCUT2D eigenvalue weighted by molar-refractivity contribution is 0.0148. The van der Waals surface area contributed by atoms with Gasteiger partial charge in [0.2, 0.25) is 0 Å². The second kappa shape index (κ2) is 4.76. The Balaban J connectivity index is 1.73. The molecule has 3 rings (SSSR count). The largest absolute Gasteiger partial charge is 0.444 e. The number of rotatable bonds is 0. The third kappa shape index (κ3) is 2.71. The molecule has 1 aliphatic carbocycles. The Bertz CT molecular complexity index is 426. The number of carbonyl (C=O) groups is 1. The van der Waals surface area contributed by atoms with E-state index in [0.717, 1.165) is 19.4 Å². The summed E-state index contributed by atoms with van der Waals surface area (Å²) in [7, 11) is 0. The third-order valence-corrected chi connectivity index (χ3v) is 4.52. The number of ether oxygens (including phenoxy) is 2. The van der Waals surface area contributed by atoms with Crippen molar-refractivity contribution in [1.29, 1.82) is 0 Å². The number of hydrogen-bond donors (Lipinski definition) is 0. The third-order valence-electron chi connectivity index (χ3n) is 4.52. The van der Waals surface area contributed by atoms with Gasteiger partial charge in [0.25, 0.3) is 0 Å². The molecule has 0 unspecified atom stereocenters. The first-order valence-electron chi connectivity index (χ1n) is 7.68. The first-order valence-corrected chi connectivity index (χ1v) is 7.68.